The predicted octanol–water partition coefficient (Wildman–Crippen LogP) is 4.56. The highest BCUT2D eigenvalue weighted by atomic mass is 19.1. The molecule has 2 aromatic carbocycles. The lowest BCUT2D eigenvalue weighted by Gasteiger charge is -2.19. The fourth-order valence-corrected chi connectivity index (χ4v) is 3.62. The molecule has 0 bridgehead atoms. The first-order valence-corrected chi connectivity index (χ1v) is 11.4. The molecule has 3 rings (SSSR count). The summed E-state index contributed by atoms with van der Waals surface area (Å²) in [5.74, 6) is -0.850. The molecule has 184 valence electrons. The number of anilines is 1. The number of halogens is 1. The average molecular weight is 481 g/mol. The Hall–Kier alpha value is -3.94. The highest BCUT2D eigenvalue weighted by Gasteiger charge is 2.37. The van der Waals surface area contributed by atoms with Crippen molar-refractivity contribution in [3.63, 3.8) is 0 Å². The van der Waals surface area contributed by atoms with Gasteiger partial charge in [-0.3, -0.25) is 9.59 Å². The fourth-order valence-electron chi connectivity index (χ4n) is 3.62. The second-order valence-electron chi connectivity index (χ2n) is 8.46. The summed E-state index contributed by atoms with van der Waals surface area (Å²) in [7, 11) is 0. The first-order valence-electron chi connectivity index (χ1n) is 11.4. The molecule has 0 aromatic heterocycles. The van der Waals surface area contributed by atoms with Gasteiger partial charge in [0.15, 0.2) is 6.61 Å². The van der Waals surface area contributed by atoms with E-state index >= 15 is 0 Å². The minimum Gasteiger partial charge on any atom is -0.484 e. The lowest BCUT2D eigenvalue weighted by molar-refractivity contribution is -0.138. The van der Waals surface area contributed by atoms with Crippen LogP contribution in [0.2, 0.25) is 0 Å². The number of rotatable bonds is 9. The lowest BCUT2D eigenvalue weighted by atomic mass is 10.0. The van der Waals surface area contributed by atoms with Crippen LogP contribution in [-0.2, 0) is 19.1 Å². The maximum atomic E-state index is 13.1. The van der Waals surface area contributed by atoms with Crippen LogP contribution < -0.4 is 10.1 Å². The van der Waals surface area contributed by atoms with Gasteiger partial charge in [0.05, 0.1) is 17.8 Å². The van der Waals surface area contributed by atoms with Crippen LogP contribution in [0.5, 0.6) is 5.75 Å². The number of benzene rings is 2. The monoisotopic (exact) mass is 480 g/mol. The van der Waals surface area contributed by atoms with Crippen LogP contribution in [0.15, 0.2) is 65.4 Å². The molecule has 1 heterocycles. The molecule has 1 aliphatic heterocycles. The molecule has 0 aliphatic carbocycles. The van der Waals surface area contributed by atoms with Crippen molar-refractivity contribution in [2.24, 2.45) is 5.92 Å². The molecule has 1 N–H and O–H groups in total. The Labute approximate surface area is 204 Å². The summed E-state index contributed by atoms with van der Waals surface area (Å²) in [6.07, 6.45) is 1.66. The van der Waals surface area contributed by atoms with Crippen molar-refractivity contribution in [3.8, 4) is 5.75 Å². The first-order chi connectivity index (χ1) is 16.7. The third-order valence-corrected chi connectivity index (χ3v) is 5.23. The second kappa shape index (κ2) is 11.5. The Bertz CT molecular complexity index is 1150. The summed E-state index contributed by atoms with van der Waals surface area (Å²) >= 11 is 0. The minimum absolute atomic E-state index is 0.210. The van der Waals surface area contributed by atoms with Gasteiger partial charge in [-0.2, -0.15) is 0 Å². The van der Waals surface area contributed by atoms with Gasteiger partial charge in [0, 0.05) is 17.9 Å². The average Bonchev–Trinajstić information content (AvgIpc) is 3.04. The maximum absolute atomic E-state index is 13.1. The largest absolute Gasteiger partial charge is 0.484 e. The summed E-state index contributed by atoms with van der Waals surface area (Å²) in [6, 6.07) is 12.2. The molecule has 0 saturated carbocycles. The third-order valence-electron chi connectivity index (χ3n) is 5.23. The molecule has 0 spiro atoms. The summed E-state index contributed by atoms with van der Waals surface area (Å²) in [5.41, 5.74) is 2.30. The summed E-state index contributed by atoms with van der Waals surface area (Å²) in [4.78, 5) is 39.4. The Morgan fingerprint density at radius 2 is 1.74 bits per heavy atom. The summed E-state index contributed by atoms with van der Waals surface area (Å²) in [5, 5.41) is 2.62. The van der Waals surface area contributed by atoms with Gasteiger partial charge in [0.1, 0.15) is 11.6 Å². The molecule has 1 aliphatic rings. The zero-order valence-electron chi connectivity index (χ0n) is 20.3. The highest BCUT2D eigenvalue weighted by molar-refractivity contribution is 6.16. The zero-order chi connectivity index (χ0) is 25.5. The van der Waals surface area contributed by atoms with Crippen LogP contribution in [0, 0.1) is 11.7 Å². The maximum Gasteiger partial charge on any atom is 0.340 e. The number of carbonyl (C=O) groups is 3. The molecule has 2 amide bonds. The van der Waals surface area contributed by atoms with Gasteiger partial charge in [-0.05, 0) is 67.8 Å². The number of hydrogen-bond acceptors (Lipinski definition) is 5. The highest BCUT2D eigenvalue weighted by Crippen LogP contribution is 2.32. The van der Waals surface area contributed by atoms with Crippen molar-refractivity contribution in [2.75, 3.05) is 25.1 Å². The number of nitrogens with zero attached hydrogens (tertiary/aromatic N) is 1. The lowest BCUT2D eigenvalue weighted by Crippen LogP contribution is -2.28. The molecule has 8 heteroatoms. The number of nitrogens with one attached hydrogen (secondary N) is 1. The van der Waals surface area contributed by atoms with E-state index in [9.17, 15) is 18.8 Å². The molecule has 35 heavy (non-hydrogen) atoms. The van der Waals surface area contributed by atoms with Gasteiger partial charge in [-0.1, -0.05) is 26.0 Å². The first kappa shape index (κ1) is 25.7. The van der Waals surface area contributed by atoms with Crippen LogP contribution in [-0.4, -0.2) is 42.4 Å². The zero-order valence-corrected chi connectivity index (χ0v) is 20.3. The van der Waals surface area contributed by atoms with Crippen molar-refractivity contribution < 1.29 is 28.2 Å². The fraction of sp³-hybridized carbons (Fsp3) is 0.296. The molecular formula is C27H29FN2O5. The van der Waals surface area contributed by atoms with E-state index in [2.05, 4.69) is 5.32 Å². The number of hydrogen-bond donors (Lipinski definition) is 1. The standard InChI is InChI=1S/C27H29FN2O5/c1-5-34-27(33)25-18(4)30(15-17(2)3)26(32)23(25)14-19-6-12-22(13-7-19)35-16-24(31)29-21-10-8-20(28)9-11-21/h6-14,17H,5,15-16H2,1-4H3,(H,29,31)/b23-14-. The molecular weight excluding hydrogens is 451 g/mol. The van der Waals surface area contributed by atoms with E-state index in [1.165, 1.54) is 24.3 Å². The SMILES string of the molecule is CCOC(=O)C1=C(C)N(CC(C)C)C(=O)/C1=C\c1ccc(OCC(=O)Nc2ccc(F)cc2)cc1. The quantitative estimate of drug-likeness (QED) is 0.420. The molecule has 7 nitrogen and oxygen atoms in total. The molecule has 0 saturated heterocycles. The van der Waals surface area contributed by atoms with Crippen LogP contribution >= 0.6 is 0 Å². The van der Waals surface area contributed by atoms with Gasteiger partial charge in [-0.25, -0.2) is 9.18 Å². The Morgan fingerprint density at radius 1 is 1.09 bits per heavy atom. The van der Waals surface area contributed by atoms with E-state index in [1.807, 2.05) is 13.8 Å². The van der Waals surface area contributed by atoms with Crippen molar-refractivity contribution in [1.82, 2.24) is 4.90 Å². The molecule has 0 unspecified atom stereocenters. The van der Waals surface area contributed by atoms with Gasteiger partial charge in [0.25, 0.3) is 11.8 Å². The molecule has 0 radical (unpaired) electrons. The van der Waals surface area contributed by atoms with Gasteiger partial charge in [-0.15, -0.1) is 0 Å². The van der Waals surface area contributed by atoms with E-state index in [0.717, 1.165) is 0 Å². The van der Waals surface area contributed by atoms with E-state index < -0.39 is 5.97 Å². The number of ether oxygens (including phenoxy) is 2. The van der Waals surface area contributed by atoms with E-state index in [1.54, 1.807) is 49.1 Å². The summed E-state index contributed by atoms with van der Waals surface area (Å²) in [6.45, 7) is 7.96. The third kappa shape index (κ3) is 6.56. The van der Waals surface area contributed by atoms with Crippen LogP contribution in [0.4, 0.5) is 10.1 Å². The van der Waals surface area contributed by atoms with E-state index in [0.29, 0.717) is 29.2 Å². The number of allylic oxidation sites excluding steroid dienone is 1. The van der Waals surface area contributed by atoms with Crippen molar-refractivity contribution in [1.29, 1.82) is 0 Å². The topological polar surface area (TPSA) is 84.9 Å². The Morgan fingerprint density at radius 3 is 2.34 bits per heavy atom. The van der Waals surface area contributed by atoms with Gasteiger partial charge in [0.2, 0.25) is 0 Å². The van der Waals surface area contributed by atoms with Gasteiger partial charge >= 0.3 is 5.97 Å². The van der Waals surface area contributed by atoms with E-state index in [4.69, 9.17) is 9.47 Å². The smallest absolute Gasteiger partial charge is 0.340 e. The number of carbonyl (C=O) groups excluding carboxylic acids is 3. The second-order valence-corrected chi connectivity index (χ2v) is 8.46. The Kier molecular flexibility index (Phi) is 8.41. The number of esters is 1. The van der Waals surface area contributed by atoms with Crippen molar-refractivity contribution in [2.45, 2.75) is 27.7 Å². The van der Waals surface area contributed by atoms with E-state index in [-0.39, 0.29) is 47.9 Å². The van der Waals surface area contributed by atoms with Crippen molar-refractivity contribution in [3.05, 3.63) is 76.8 Å². The summed E-state index contributed by atoms with van der Waals surface area (Å²) < 4.78 is 23.7. The molecule has 0 fully saturated rings. The van der Waals surface area contributed by atoms with Crippen molar-refractivity contribution >= 4 is 29.5 Å². The van der Waals surface area contributed by atoms with Crippen LogP contribution in [0.25, 0.3) is 6.08 Å². The Balaban J connectivity index is 1.71. The van der Waals surface area contributed by atoms with Gasteiger partial charge < -0.3 is 19.7 Å². The van der Waals surface area contributed by atoms with Crippen LogP contribution in [0.1, 0.15) is 33.3 Å². The predicted molar refractivity (Wildman–Crippen MR) is 131 cm³/mol. The molecule has 0 atom stereocenters. The van der Waals surface area contributed by atoms with Crippen LogP contribution in [0.3, 0.4) is 0 Å². The minimum atomic E-state index is -0.525. The normalized spacial score (nSPS) is 14.6. The number of amides is 2. The molecule has 2 aromatic rings.